The van der Waals surface area contributed by atoms with Crippen LogP contribution in [0, 0.1) is 5.92 Å². The highest BCUT2D eigenvalue weighted by atomic mass is 16.4. The van der Waals surface area contributed by atoms with Crippen LogP contribution in [0.5, 0.6) is 0 Å². The fourth-order valence-electron chi connectivity index (χ4n) is 3.09. The first kappa shape index (κ1) is 32.8. The second-order valence-electron chi connectivity index (χ2n) is 8.57. The molecule has 3 amide bonds. The molecule has 208 valence electrons. The standard InChI is InChI=1S/C22H39N9O6/c1-13(2)11-16(20(37)29-14(12-32)5-3-9-27-21(23)24)31-19(36)15(6-4-10-28-22(25)26)30-17(33)7-8-18(34)35/h7-8,12-16H,3-6,9-11H2,1-2H3,(H,29,37)(H,30,33)(H,31,36)(H,34,35)(H4,23,24,27)(H4,25,26,28)/b8-7+/t14?,15-,16-/m0/s1. The minimum Gasteiger partial charge on any atom is -0.478 e. The first-order valence-electron chi connectivity index (χ1n) is 11.7. The van der Waals surface area contributed by atoms with Crippen molar-refractivity contribution in [2.45, 2.75) is 64.1 Å². The summed E-state index contributed by atoms with van der Waals surface area (Å²) in [4.78, 5) is 67.8. The number of carbonyl (C=O) groups excluding carboxylic acids is 4. The van der Waals surface area contributed by atoms with Gasteiger partial charge in [-0.15, -0.1) is 0 Å². The minimum atomic E-state index is -1.33. The van der Waals surface area contributed by atoms with Crippen molar-refractivity contribution in [3.05, 3.63) is 12.2 Å². The minimum absolute atomic E-state index is 0.000931. The van der Waals surface area contributed by atoms with Crippen LogP contribution in [-0.2, 0) is 24.0 Å². The molecule has 0 rings (SSSR count). The van der Waals surface area contributed by atoms with Crippen molar-refractivity contribution in [1.29, 1.82) is 0 Å². The molecule has 0 aliphatic heterocycles. The lowest BCUT2D eigenvalue weighted by molar-refractivity contribution is -0.132. The van der Waals surface area contributed by atoms with Crippen LogP contribution in [0.25, 0.3) is 0 Å². The Hall–Kier alpha value is -4.17. The van der Waals surface area contributed by atoms with Gasteiger partial charge in [0.2, 0.25) is 17.7 Å². The number of carboxylic acids is 1. The average molecular weight is 526 g/mol. The topological polar surface area (TPSA) is 270 Å². The number of carboxylic acid groups (broad SMARTS) is 1. The molecule has 1 unspecified atom stereocenters. The van der Waals surface area contributed by atoms with Gasteiger partial charge in [0, 0.05) is 25.2 Å². The van der Waals surface area contributed by atoms with Gasteiger partial charge in [0.1, 0.15) is 18.4 Å². The summed E-state index contributed by atoms with van der Waals surface area (Å²) in [5, 5.41) is 16.3. The Morgan fingerprint density at radius 3 is 1.84 bits per heavy atom. The number of hydrogen-bond acceptors (Lipinski definition) is 7. The summed E-state index contributed by atoms with van der Waals surface area (Å²) in [5.41, 5.74) is 21.1. The second kappa shape index (κ2) is 18.1. The summed E-state index contributed by atoms with van der Waals surface area (Å²) in [6, 6.07) is -2.92. The lowest BCUT2D eigenvalue weighted by Gasteiger charge is -2.25. The van der Waals surface area contributed by atoms with E-state index in [1.54, 1.807) is 0 Å². The van der Waals surface area contributed by atoms with Gasteiger partial charge in [0.05, 0.1) is 6.04 Å². The molecule has 0 saturated carbocycles. The summed E-state index contributed by atoms with van der Waals surface area (Å²) in [7, 11) is 0. The molecule has 0 heterocycles. The molecule has 15 nitrogen and oxygen atoms in total. The number of rotatable bonds is 18. The zero-order chi connectivity index (χ0) is 28.4. The van der Waals surface area contributed by atoms with Gasteiger partial charge in [-0.3, -0.25) is 24.4 Å². The van der Waals surface area contributed by atoms with Crippen molar-refractivity contribution in [2.75, 3.05) is 13.1 Å². The van der Waals surface area contributed by atoms with Gasteiger partial charge < -0.3 is 48.8 Å². The molecular formula is C22H39N9O6. The van der Waals surface area contributed by atoms with Crippen molar-refractivity contribution in [3.8, 4) is 0 Å². The third-order valence-electron chi connectivity index (χ3n) is 4.76. The summed E-state index contributed by atoms with van der Waals surface area (Å²) in [5.74, 6) is -3.59. The third kappa shape index (κ3) is 17.0. The monoisotopic (exact) mass is 525 g/mol. The molecule has 0 aromatic heterocycles. The maximum atomic E-state index is 13.0. The molecular weight excluding hydrogens is 486 g/mol. The van der Waals surface area contributed by atoms with Crippen LogP contribution in [0.1, 0.15) is 46.0 Å². The molecule has 0 bridgehead atoms. The predicted molar refractivity (Wildman–Crippen MR) is 138 cm³/mol. The van der Waals surface area contributed by atoms with E-state index in [1.165, 1.54) is 0 Å². The number of nitrogens with zero attached hydrogens (tertiary/aromatic N) is 2. The predicted octanol–water partition coefficient (Wildman–Crippen LogP) is -2.57. The quantitative estimate of drug-likeness (QED) is 0.0304. The number of aliphatic carboxylic acids is 1. The molecule has 0 aromatic carbocycles. The van der Waals surface area contributed by atoms with Crippen molar-refractivity contribution >= 4 is 41.9 Å². The molecule has 0 radical (unpaired) electrons. The molecule has 0 spiro atoms. The zero-order valence-electron chi connectivity index (χ0n) is 21.2. The van der Waals surface area contributed by atoms with Crippen molar-refractivity contribution < 1.29 is 29.1 Å². The van der Waals surface area contributed by atoms with E-state index in [-0.39, 0.29) is 50.2 Å². The largest absolute Gasteiger partial charge is 0.478 e. The van der Waals surface area contributed by atoms with E-state index in [0.29, 0.717) is 25.2 Å². The van der Waals surface area contributed by atoms with Crippen LogP contribution in [0.4, 0.5) is 0 Å². The Morgan fingerprint density at radius 1 is 0.811 bits per heavy atom. The van der Waals surface area contributed by atoms with Crippen LogP contribution in [0.2, 0.25) is 0 Å². The fraction of sp³-hybridized carbons (Fsp3) is 0.591. The summed E-state index contributed by atoms with van der Waals surface area (Å²) in [6.07, 6.45) is 3.38. The molecule has 0 aliphatic carbocycles. The molecule has 0 aliphatic rings. The lowest BCUT2D eigenvalue weighted by atomic mass is 10.0. The number of guanidine groups is 2. The number of nitrogens with two attached hydrogens (primary N) is 4. The van der Waals surface area contributed by atoms with Crippen LogP contribution >= 0.6 is 0 Å². The van der Waals surface area contributed by atoms with E-state index >= 15 is 0 Å². The first-order valence-corrected chi connectivity index (χ1v) is 11.7. The van der Waals surface area contributed by atoms with E-state index in [2.05, 4.69) is 25.9 Å². The normalized spacial score (nSPS) is 13.2. The smallest absolute Gasteiger partial charge is 0.328 e. The number of amides is 3. The van der Waals surface area contributed by atoms with Crippen LogP contribution in [0.15, 0.2) is 22.1 Å². The van der Waals surface area contributed by atoms with Gasteiger partial charge in [-0.05, 0) is 38.0 Å². The molecule has 12 N–H and O–H groups in total. The van der Waals surface area contributed by atoms with Gasteiger partial charge >= 0.3 is 5.97 Å². The highest BCUT2D eigenvalue weighted by Crippen LogP contribution is 2.08. The number of aliphatic imine (C=N–C) groups is 2. The van der Waals surface area contributed by atoms with Gasteiger partial charge in [0.15, 0.2) is 11.9 Å². The average Bonchev–Trinajstić information content (AvgIpc) is 2.80. The number of hydrogen-bond donors (Lipinski definition) is 8. The SMILES string of the molecule is CC(C)C[C@H](NC(=O)[C@H](CCCN=C(N)N)NC(=O)/C=C/C(=O)O)C(=O)NC(C=O)CCCN=C(N)N. The Morgan fingerprint density at radius 2 is 1.35 bits per heavy atom. The van der Waals surface area contributed by atoms with Crippen LogP contribution in [-0.4, -0.2) is 78.2 Å². The maximum Gasteiger partial charge on any atom is 0.328 e. The van der Waals surface area contributed by atoms with Gasteiger partial charge in [-0.1, -0.05) is 13.8 Å². The highest BCUT2D eigenvalue weighted by molar-refractivity contribution is 5.97. The molecule has 3 atom stereocenters. The molecule has 0 fully saturated rings. The molecule has 0 aromatic rings. The van der Waals surface area contributed by atoms with Crippen molar-refractivity contribution in [3.63, 3.8) is 0 Å². The lowest BCUT2D eigenvalue weighted by Crippen LogP contribution is -2.55. The molecule has 0 saturated heterocycles. The Bertz CT molecular complexity index is 865. The Balaban J connectivity index is 5.44. The van der Waals surface area contributed by atoms with E-state index in [1.807, 2.05) is 13.8 Å². The van der Waals surface area contributed by atoms with Crippen LogP contribution in [0.3, 0.4) is 0 Å². The summed E-state index contributed by atoms with van der Waals surface area (Å²) in [6.45, 7) is 4.17. The highest BCUT2D eigenvalue weighted by Gasteiger charge is 2.28. The van der Waals surface area contributed by atoms with Crippen molar-refractivity contribution in [2.24, 2.45) is 38.8 Å². The summed E-state index contributed by atoms with van der Waals surface area (Å²) < 4.78 is 0. The van der Waals surface area contributed by atoms with E-state index in [4.69, 9.17) is 28.0 Å². The zero-order valence-corrected chi connectivity index (χ0v) is 21.2. The Labute approximate surface area is 215 Å². The van der Waals surface area contributed by atoms with Gasteiger partial charge in [0.25, 0.3) is 0 Å². The summed E-state index contributed by atoms with van der Waals surface area (Å²) >= 11 is 0. The molecule has 15 heteroatoms. The van der Waals surface area contributed by atoms with E-state index < -0.39 is 41.8 Å². The van der Waals surface area contributed by atoms with Gasteiger partial charge in [-0.25, -0.2) is 4.79 Å². The third-order valence-corrected chi connectivity index (χ3v) is 4.76. The number of carbonyl (C=O) groups is 5. The van der Waals surface area contributed by atoms with Gasteiger partial charge in [-0.2, -0.15) is 0 Å². The number of nitrogens with one attached hydrogen (secondary N) is 3. The first-order chi connectivity index (χ1) is 17.3. The second-order valence-corrected chi connectivity index (χ2v) is 8.57. The fourth-order valence-corrected chi connectivity index (χ4v) is 3.09. The molecule has 37 heavy (non-hydrogen) atoms. The Kier molecular flexibility index (Phi) is 16.1. The number of aldehydes is 1. The van der Waals surface area contributed by atoms with E-state index in [0.717, 1.165) is 6.08 Å². The maximum absolute atomic E-state index is 13.0. The van der Waals surface area contributed by atoms with Crippen LogP contribution < -0.4 is 38.9 Å². The van der Waals surface area contributed by atoms with Crippen molar-refractivity contribution in [1.82, 2.24) is 16.0 Å². The van der Waals surface area contributed by atoms with E-state index in [9.17, 15) is 24.0 Å².